The maximum atomic E-state index is 2.46. The summed E-state index contributed by atoms with van der Waals surface area (Å²) in [7, 11) is 0. The molecule has 0 heterocycles. The van der Waals surface area contributed by atoms with E-state index in [1.807, 2.05) is 0 Å². The molecule has 90 valence electrons. The van der Waals surface area contributed by atoms with Gasteiger partial charge in [0.05, 0.1) is 0 Å². The highest BCUT2D eigenvalue weighted by Crippen LogP contribution is 2.21. The van der Waals surface area contributed by atoms with Crippen molar-refractivity contribution in [2.24, 2.45) is 0 Å². The van der Waals surface area contributed by atoms with Crippen LogP contribution in [0.2, 0.25) is 0 Å². The molecule has 0 saturated heterocycles. The van der Waals surface area contributed by atoms with Gasteiger partial charge in [0.25, 0.3) is 0 Å². The molecule has 2 heteroatoms. The molecule has 0 saturated carbocycles. The van der Waals surface area contributed by atoms with Gasteiger partial charge in [-0.1, -0.05) is 45.1 Å². The van der Waals surface area contributed by atoms with Crippen molar-refractivity contribution in [3.63, 3.8) is 0 Å². The molecule has 0 aliphatic rings. The van der Waals surface area contributed by atoms with Crippen molar-refractivity contribution >= 4 is 45.2 Å². The van der Waals surface area contributed by atoms with E-state index in [2.05, 4.69) is 70.3 Å². The molecule has 0 aliphatic heterocycles. The number of unbranched alkanes of at least 4 members (excludes halogenated alkanes) is 5. The Labute approximate surface area is 127 Å². The number of hydrogen-bond donors (Lipinski definition) is 0. The molecule has 0 unspecified atom stereocenters. The first-order valence-electron chi connectivity index (χ1n) is 6.18. The Balaban J connectivity index is 2.26. The zero-order valence-corrected chi connectivity index (χ0v) is 14.3. The van der Waals surface area contributed by atoms with Crippen LogP contribution >= 0.6 is 45.2 Å². The highest BCUT2D eigenvalue weighted by Gasteiger charge is 2.03. The molecule has 1 rings (SSSR count). The molecule has 1 aromatic carbocycles. The third kappa shape index (κ3) is 5.34. The van der Waals surface area contributed by atoms with E-state index in [-0.39, 0.29) is 0 Å². The molecule has 1 aromatic rings. The van der Waals surface area contributed by atoms with Crippen molar-refractivity contribution in [2.75, 3.05) is 0 Å². The second-order valence-electron chi connectivity index (χ2n) is 4.22. The fourth-order valence-corrected chi connectivity index (χ4v) is 3.90. The first kappa shape index (κ1) is 14.7. The maximum Gasteiger partial charge on any atom is 0.0172 e. The van der Waals surface area contributed by atoms with E-state index in [9.17, 15) is 0 Å². The summed E-state index contributed by atoms with van der Waals surface area (Å²) in [6.07, 6.45) is 9.56. The van der Waals surface area contributed by atoms with Crippen LogP contribution in [0.15, 0.2) is 18.2 Å². The van der Waals surface area contributed by atoms with Crippen LogP contribution in [0, 0.1) is 7.14 Å². The summed E-state index contributed by atoms with van der Waals surface area (Å²) in [6, 6.07) is 6.58. The summed E-state index contributed by atoms with van der Waals surface area (Å²) in [4.78, 5) is 0. The van der Waals surface area contributed by atoms with Crippen molar-refractivity contribution in [1.29, 1.82) is 0 Å². The zero-order chi connectivity index (χ0) is 11.8. The van der Waals surface area contributed by atoms with Gasteiger partial charge in [0.2, 0.25) is 0 Å². The van der Waals surface area contributed by atoms with Crippen LogP contribution in [0.4, 0.5) is 0 Å². The van der Waals surface area contributed by atoms with Gasteiger partial charge in [-0.2, -0.15) is 0 Å². The van der Waals surface area contributed by atoms with Gasteiger partial charge in [0, 0.05) is 7.14 Å². The van der Waals surface area contributed by atoms with E-state index < -0.39 is 0 Å². The third-order valence-corrected chi connectivity index (χ3v) is 4.86. The fourth-order valence-electron chi connectivity index (χ4n) is 1.85. The SMILES string of the molecule is CCCCCCCCc1c(I)cccc1I. The molecular formula is C14H20I2. The average Bonchev–Trinajstić information content (AvgIpc) is 2.26. The highest BCUT2D eigenvalue weighted by atomic mass is 127. The average molecular weight is 442 g/mol. The lowest BCUT2D eigenvalue weighted by Crippen LogP contribution is -1.93. The number of rotatable bonds is 7. The Hall–Kier alpha value is 0.680. The first-order valence-corrected chi connectivity index (χ1v) is 8.34. The van der Waals surface area contributed by atoms with Crippen molar-refractivity contribution in [3.05, 3.63) is 30.9 Å². The van der Waals surface area contributed by atoms with E-state index in [0.29, 0.717) is 0 Å². The summed E-state index contributed by atoms with van der Waals surface area (Å²) in [5.74, 6) is 0. The zero-order valence-electron chi connectivity index (χ0n) is 9.94. The number of halogens is 2. The summed E-state index contributed by atoms with van der Waals surface area (Å²) >= 11 is 4.91. The second kappa shape index (κ2) is 8.72. The van der Waals surface area contributed by atoms with Gasteiger partial charge in [-0.05, 0) is 75.7 Å². The van der Waals surface area contributed by atoms with Crippen LogP contribution in [-0.2, 0) is 6.42 Å². The molecule has 0 amide bonds. The lowest BCUT2D eigenvalue weighted by Gasteiger charge is -2.07. The van der Waals surface area contributed by atoms with E-state index in [1.54, 1.807) is 5.56 Å². The van der Waals surface area contributed by atoms with Gasteiger partial charge < -0.3 is 0 Å². The summed E-state index contributed by atoms with van der Waals surface area (Å²) in [5, 5.41) is 0. The normalized spacial score (nSPS) is 10.7. The quantitative estimate of drug-likeness (QED) is 0.370. The van der Waals surface area contributed by atoms with Gasteiger partial charge in [-0.15, -0.1) is 0 Å². The Morgan fingerprint density at radius 3 is 2.06 bits per heavy atom. The second-order valence-corrected chi connectivity index (χ2v) is 6.54. The molecule has 0 nitrogen and oxygen atoms in total. The Kier molecular flexibility index (Phi) is 8.04. The molecule has 16 heavy (non-hydrogen) atoms. The van der Waals surface area contributed by atoms with Gasteiger partial charge in [-0.25, -0.2) is 0 Å². The van der Waals surface area contributed by atoms with Crippen LogP contribution in [0.1, 0.15) is 51.0 Å². The molecule has 0 N–H and O–H groups in total. The third-order valence-electron chi connectivity index (χ3n) is 2.84. The van der Waals surface area contributed by atoms with Gasteiger partial charge in [0.1, 0.15) is 0 Å². The Bertz CT molecular complexity index is 287. The highest BCUT2D eigenvalue weighted by molar-refractivity contribution is 14.1. The smallest absolute Gasteiger partial charge is 0.0172 e. The lowest BCUT2D eigenvalue weighted by atomic mass is 10.1. The minimum Gasteiger partial charge on any atom is -0.0654 e. The Morgan fingerprint density at radius 1 is 0.875 bits per heavy atom. The van der Waals surface area contributed by atoms with Gasteiger partial charge in [0.15, 0.2) is 0 Å². The standard InChI is InChI=1S/C14H20I2/c1-2-3-4-5-6-7-9-12-13(15)10-8-11-14(12)16/h8,10-11H,2-7,9H2,1H3. The first-order chi connectivity index (χ1) is 7.75. The van der Waals surface area contributed by atoms with E-state index in [4.69, 9.17) is 0 Å². The minimum atomic E-state index is 1.25. The van der Waals surface area contributed by atoms with E-state index >= 15 is 0 Å². The molecule has 0 aromatic heterocycles. The van der Waals surface area contributed by atoms with Crippen LogP contribution in [0.5, 0.6) is 0 Å². The molecule has 0 bridgehead atoms. The monoisotopic (exact) mass is 442 g/mol. The van der Waals surface area contributed by atoms with Crippen molar-refractivity contribution < 1.29 is 0 Å². The Morgan fingerprint density at radius 2 is 1.44 bits per heavy atom. The van der Waals surface area contributed by atoms with Gasteiger partial charge in [-0.3, -0.25) is 0 Å². The summed E-state index contributed by atoms with van der Waals surface area (Å²) < 4.78 is 2.86. The fraction of sp³-hybridized carbons (Fsp3) is 0.571. The van der Waals surface area contributed by atoms with Crippen LogP contribution in [-0.4, -0.2) is 0 Å². The topological polar surface area (TPSA) is 0 Å². The summed E-state index contributed by atoms with van der Waals surface area (Å²) in [6.45, 7) is 2.27. The number of benzene rings is 1. The molecule has 0 fully saturated rings. The molecule has 0 aliphatic carbocycles. The van der Waals surface area contributed by atoms with E-state index in [1.165, 1.54) is 52.1 Å². The number of hydrogen-bond acceptors (Lipinski definition) is 0. The molecular weight excluding hydrogens is 422 g/mol. The van der Waals surface area contributed by atoms with Crippen molar-refractivity contribution in [3.8, 4) is 0 Å². The molecule has 0 atom stereocenters. The molecule has 0 spiro atoms. The van der Waals surface area contributed by atoms with Crippen LogP contribution in [0.25, 0.3) is 0 Å². The lowest BCUT2D eigenvalue weighted by molar-refractivity contribution is 0.606. The van der Waals surface area contributed by atoms with Crippen molar-refractivity contribution in [1.82, 2.24) is 0 Å². The van der Waals surface area contributed by atoms with Gasteiger partial charge >= 0.3 is 0 Å². The maximum absolute atomic E-state index is 2.46. The van der Waals surface area contributed by atoms with Crippen LogP contribution < -0.4 is 0 Å². The largest absolute Gasteiger partial charge is 0.0654 e. The summed E-state index contributed by atoms with van der Waals surface area (Å²) in [5.41, 5.74) is 1.55. The minimum absolute atomic E-state index is 1.25. The van der Waals surface area contributed by atoms with Crippen molar-refractivity contribution in [2.45, 2.75) is 51.9 Å². The predicted octanol–water partition coefficient (Wildman–Crippen LogP) is 5.80. The predicted molar refractivity (Wildman–Crippen MR) is 89.0 cm³/mol. The van der Waals surface area contributed by atoms with Crippen LogP contribution in [0.3, 0.4) is 0 Å². The van der Waals surface area contributed by atoms with E-state index in [0.717, 1.165) is 0 Å². The molecule has 0 radical (unpaired) electrons.